The van der Waals surface area contributed by atoms with Crippen molar-refractivity contribution in [3.05, 3.63) is 0 Å². The summed E-state index contributed by atoms with van der Waals surface area (Å²) in [6.45, 7) is 1.79. The molecule has 68 valence electrons. The molecular weight excluding hydrogens is 166 g/mol. The normalized spacial score (nSPS) is 23.8. The Morgan fingerprint density at radius 3 is 2.92 bits per heavy atom. The first kappa shape index (κ1) is 9.09. The fourth-order valence-corrected chi connectivity index (χ4v) is 1.08. The molecule has 0 saturated heterocycles. The average Bonchev–Trinajstić information content (AvgIpc) is 2.05. The Balaban J connectivity index is 2.66. The molecule has 5 heteroatoms. The lowest BCUT2D eigenvalue weighted by molar-refractivity contribution is -0.125. The van der Waals surface area contributed by atoms with Crippen molar-refractivity contribution >= 4 is 11.6 Å². The van der Waals surface area contributed by atoms with Crippen LogP contribution < -0.4 is 5.43 Å². The second kappa shape index (κ2) is 3.60. The number of halogens is 2. The van der Waals surface area contributed by atoms with E-state index in [0.717, 1.165) is 0 Å². The minimum atomic E-state index is -2.56. The highest BCUT2D eigenvalue weighted by molar-refractivity contribution is 5.95. The Labute approximate surface area is 68.8 Å². The van der Waals surface area contributed by atoms with Gasteiger partial charge in [0, 0.05) is 12.3 Å². The van der Waals surface area contributed by atoms with Crippen LogP contribution in [0.15, 0.2) is 5.10 Å². The molecule has 0 aromatic carbocycles. The molecule has 0 aliphatic carbocycles. The summed E-state index contributed by atoms with van der Waals surface area (Å²) >= 11 is 0. The number of hydrogen-bond donors (Lipinski definition) is 1. The van der Waals surface area contributed by atoms with Gasteiger partial charge in [-0.2, -0.15) is 5.10 Å². The highest BCUT2D eigenvalue weighted by Gasteiger charge is 2.27. The molecule has 1 aliphatic heterocycles. The third-order valence-electron chi connectivity index (χ3n) is 1.88. The van der Waals surface area contributed by atoms with Gasteiger partial charge in [0.1, 0.15) is 5.71 Å². The van der Waals surface area contributed by atoms with Crippen molar-refractivity contribution < 1.29 is 13.6 Å². The van der Waals surface area contributed by atoms with Crippen molar-refractivity contribution in [2.45, 2.75) is 26.2 Å². The smallest absolute Gasteiger partial charge is 0.273 e. The second-order valence-electron chi connectivity index (χ2n) is 2.69. The van der Waals surface area contributed by atoms with E-state index in [0.29, 0.717) is 6.42 Å². The molecule has 12 heavy (non-hydrogen) atoms. The molecule has 0 spiro atoms. The van der Waals surface area contributed by atoms with Gasteiger partial charge in [0.2, 0.25) is 5.91 Å². The van der Waals surface area contributed by atoms with Crippen molar-refractivity contribution in [2.24, 2.45) is 11.0 Å². The van der Waals surface area contributed by atoms with E-state index in [1.54, 1.807) is 6.92 Å². The lowest BCUT2D eigenvalue weighted by atomic mass is 9.97. The molecule has 3 nitrogen and oxygen atoms in total. The molecule has 0 radical (unpaired) electrons. The zero-order valence-electron chi connectivity index (χ0n) is 6.68. The molecule has 1 heterocycles. The zero-order valence-corrected chi connectivity index (χ0v) is 6.68. The van der Waals surface area contributed by atoms with Gasteiger partial charge in [-0.05, 0) is 6.42 Å². The first-order valence-electron chi connectivity index (χ1n) is 3.79. The van der Waals surface area contributed by atoms with Gasteiger partial charge >= 0.3 is 0 Å². The van der Waals surface area contributed by atoms with E-state index in [2.05, 4.69) is 10.5 Å². The van der Waals surface area contributed by atoms with Crippen LogP contribution in [0, 0.1) is 5.92 Å². The summed E-state index contributed by atoms with van der Waals surface area (Å²) in [5, 5.41) is 3.28. The predicted octanol–water partition coefficient (Wildman–Crippen LogP) is 1.15. The van der Waals surface area contributed by atoms with E-state index < -0.39 is 6.43 Å². The lowest BCUT2D eigenvalue weighted by Crippen LogP contribution is -2.36. The summed E-state index contributed by atoms with van der Waals surface area (Å²) in [4.78, 5) is 10.9. The second-order valence-corrected chi connectivity index (χ2v) is 2.69. The first-order chi connectivity index (χ1) is 5.65. The molecule has 1 atom stereocenters. The van der Waals surface area contributed by atoms with Crippen molar-refractivity contribution in [3.63, 3.8) is 0 Å². The molecule has 1 aliphatic rings. The summed E-state index contributed by atoms with van der Waals surface area (Å²) in [7, 11) is 0. The van der Waals surface area contributed by atoms with Crippen LogP contribution in [0.3, 0.4) is 0 Å². The Kier molecular flexibility index (Phi) is 2.73. The van der Waals surface area contributed by atoms with Gasteiger partial charge in [-0.25, -0.2) is 14.2 Å². The lowest BCUT2D eigenvalue weighted by Gasteiger charge is -2.19. The summed E-state index contributed by atoms with van der Waals surface area (Å²) in [6.07, 6.45) is -1.91. The Hall–Kier alpha value is -1.00. The molecule has 0 bridgehead atoms. The van der Waals surface area contributed by atoms with Gasteiger partial charge in [0.25, 0.3) is 6.43 Å². The Morgan fingerprint density at radius 1 is 1.75 bits per heavy atom. The molecular formula is C7H10F2N2O. The SMILES string of the molecule is CCC1CC(C(F)F)=NNC1=O. The molecule has 1 N–H and O–H groups in total. The van der Waals surface area contributed by atoms with Gasteiger partial charge in [-0.1, -0.05) is 6.92 Å². The maximum atomic E-state index is 12.1. The molecule has 0 aromatic heterocycles. The molecule has 1 rings (SSSR count). The van der Waals surface area contributed by atoms with E-state index in [-0.39, 0.29) is 24.0 Å². The quantitative estimate of drug-likeness (QED) is 0.673. The predicted molar refractivity (Wildman–Crippen MR) is 40.0 cm³/mol. The minimum Gasteiger partial charge on any atom is -0.273 e. The van der Waals surface area contributed by atoms with Crippen LogP contribution in [0.2, 0.25) is 0 Å². The largest absolute Gasteiger partial charge is 0.278 e. The molecule has 0 saturated carbocycles. The molecule has 0 aromatic rings. The maximum absolute atomic E-state index is 12.1. The third-order valence-corrected chi connectivity index (χ3v) is 1.88. The topological polar surface area (TPSA) is 41.5 Å². The van der Waals surface area contributed by atoms with Crippen LogP contribution in [0.4, 0.5) is 8.78 Å². The fraction of sp³-hybridized carbons (Fsp3) is 0.714. The molecule has 0 fully saturated rings. The van der Waals surface area contributed by atoms with Crippen LogP contribution in [0.1, 0.15) is 19.8 Å². The van der Waals surface area contributed by atoms with E-state index >= 15 is 0 Å². The number of hydrogen-bond acceptors (Lipinski definition) is 2. The summed E-state index contributed by atoms with van der Waals surface area (Å²) in [5.74, 6) is -0.603. The van der Waals surface area contributed by atoms with Crippen LogP contribution in [0.5, 0.6) is 0 Å². The average molecular weight is 176 g/mol. The van der Waals surface area contributed by atoms with Crippen LogP contribution >= 0.6 is 0 Å². The van der Waals surface area contributed by atoms with Gasteiger partial charge in [-0.3, -0.25) is 4.79 Å². The van der Waals surface area contributed by atoms with E-state index in [4.69, 9.17) is 0 Å². The van der Waals surface area contributed by atoms with Crippen molar-refractivity contribution in [2.75, 3.05) is 0 Å². The minimum absolute atomic E-state index is 0.0833. The van der Waals surface area contributed by atoms with Crippen LogP contribution in [-0.4, -0.2) is 18.0 Å². The highest BCUT2D eigenvalue weighted by atomic mass is 19.3. The van der Waals surface area contributed by atoms with E-state index in [1.165, 1.54) is 0 Å². The molecule has 1 unspecified atom stereocenters. The van der Waals surface area contributed by atoms with E-state index in [9.17, 15) is 13.6 Å². The van der Waals surface area contributed by atoms with Gasteiger partial charge in [0.05, 0.1) is 0 Å². The number of alkyl halides is 2. The summed E-state index contributed by atoms with van der Waals surface area (Å²) in [5.41, 5.74) is 1.86. The Morgan fingerprint density at radius 2 is 2.42 bits per heavy atom. The van der Waals surface area contributed by atoms with E-state index in [1.807, 2.05) is 0 Å². The number of amides is 1. The van der Waals surface area contributed by atoms with Gasteiger partial charge in [-0.15, -0.1) is 0 Å². The van der Waals surface area contributed by atoms with Gasteiger partial charge in [0.15, 0.2) is 0 Å². The highest BCUT2D eigenvalue weighted by Crippen LogP contribution is 2.16. The number of hydrazone groups is 1. The number of rotatable bonds is 2. The molecule has 1 amide bonds. The summed E-state index contributed by atoms with van der Waals surface area (Å²) < 4.78 is 24.2. The number of carbonyl (C=O) groups is 1. The van der Waals surface area contributed by atoms with Crippen LogP contribution in [0.25, 0.3) is 0 Å². The number of nitrogens with one attached hydrogen (secondary N) is 1. The van der Waals surface area contributed by atoms with Crippen molar-refractivity contribution in [1.29, 1.82) is 0 Å². The fourth-order valence-electron chi connectivity index (χ4n) is 1.08. The van der Waals surface area contributed by atoms with Gasteiger partial charge < -0.3 is 0 Å². The number of nitrogens with zero attached hydrogens (tertiary/aromatic N) is 1. The zero-order chi connectivity index (χ0) is 9.14. The van der Waals surface area contributed by atoms with Crippen LogP contribution in [-0.2, 0) is 4.79 Å². The number of carbonyl (C=O) groups excluding carboxylic acids is 1. The van der Waals surface area contributed by atoms with Crippen molar-refractivity contribution in [1.82, 2.24) is 5.43 Å². The third kappa shape index (κ3) is 1.78. The summed E-state index contributed by atoms with van der Waals surface area (Å²) in [6, 6.07) is 0. The standard InChI is InChI=1S/C7H10F2N2O/c1-2-4-3-5(6(8)9)10-11-7(4)12/h4,6H,2-3H2,1H3,(H,11,12). The maximum Gasteiger partial charge on any atom is 0.278 e. The van der Waals surface area contributed by atoms with Crippen molar-refractivity contribution in [3.8, 4) is 0 Å². The monoisotopic (exact) mass is 176 g/mol. The first-order valence-corrected chi connectivity index (χ1v) is 3.79. The Bertz CT molecular complexity index is 215.